The number of nitrogens with one attached hydrogen (secondary N) is 1. The molecule has 0 unspecified atom stereocenters. The highest BCUT2D eigenvalue weighted by Crippen LogP contribution is 2.23. The predicted octanol–water partition coefficient (Wildman–Crippen LogP) is 3.68. The summed E-state index contributed by atoms with van der Waals surface area (Å²) < 4.78 is 41.4. The zero-order chi connectivity index (χ0) is 18.6. The summed E-state index contributed by atoms with van der Waals surface area (Å²) in [7, 11) is 0. The second-order valence-corrected chi connectivity index (χ2v) is 6.38. The molecule has 0 bridgehead atoms. The zero-order valence-corrected chi connectivity index (χ0v) is 14.2. The van der Waals surface area contributed by atoms with Crippen molar-refractivity contribution in [3.63, 3.8) is 0 Å². The number of carbonyl (C=O) groups is 1. The van der Waals surface area contributed by atoms with Gasteiger partial charge in [0, 0.05) is 24.8 Å². The topological polar surface area (TPSA) is 50.2 Å². The van der Waals surface area contributed by atoms with Gasteiger partial charge in [-0.05, 0) is 25.3 Å². The van der Waals surface area contributed by atoms with Crippen LogP contribution in [0.4, 0.5) is 18.0 Å². The summed E-state index contributed by atoms with van der Waals surface area (Å²) in [5.74, 6) is 0. The van der Waals surface area contributed by atoms with Crippen molar-refractivity contribution < 1.29 is 18.0 Å². The van der Waals surface area contributed by atoms with Crippen molar-refractivity contribution in [1.82, 2.24) is 20.0 Å². The van der Waals surface area contributed by atoms with E-state index in [1.54, 1.807) is 6.07 Å². The van der Waals surface area contributed by atoms with E-state index in [-0.39, 0.29) is 0 Å². The van der Waals surface area contributed by atoms with Crippen LogP contribution in [-0.4, -0.2) is 46.0 Å². The Morgan fingerprint density at radius 1 is 1.12 bits per heavy atom. The molecular formula is C18H21F3N4O. The summed E-state index contributed by atoms with van der Waals surface area (Å²) in [6.07, 6.45) is -0.409. The molecule has 5 nitrogen and oxygen atoms in total. The number of halogens is 3. The monoisotopic (exact) mass is 366 g/mol. The van der Waals surface area contributed by atoms with Crippen LogP contribution >= 0.6 is 0 Å². The van der Waals surface area contributed by atoms with Crippen LogP contribution < -0.4 is 5.32 Å². The van der Waals surface area contributed by atoms with Crippen LogP contribution in [0, 0.1) is 0 Å². The van der Waals surface area contributed by atoms with Gasteiger partial charge in [0.2, 0.25) is 0 Å². The lowest BCUT2D eigenvalue weighted by molar-refractivity contribution is -0.157. The van der Waals surface area contributed by atoms with Gasteiger partial charge in [0.15, 0.2) is 0 Å². The summed E-state index contributed by atoms with van der Waals surface area (Å²) in [6, 6.07) is 8.23. The number of piperidine rings is 1. The summed E-state index contributed by atoms with van der Waals surface area (Å²) in [5.41, 5.74) is 1.42. The van der Waals surface area contributed by atoms with Gasteiger partial charge in [-0.2, -0.15) is 18.3 Å². The number of aromatic nitrogens is 2. The predicted molar refractivity (Wildman–Crippen MR) is 91.5 cm³/mol. The van der Waals surface area contributed by atoms with Crippen LogP contribution in [-0.2, 0) is 6.54 Å². The van der Waals surface area contributed by atoms with Crippen molar-refractivity contribution in [3.8, 4) is 11.3 Å². The molecule has 2 amide bonds. The van der Waals surface area contributed by atoms with E-state index in [0.717, 1.165) is 24.8 Å². The Balaban J connectivity index is 1.69. The molecular weight excluding hydrogens is 345 g/mol. The third kappa shape index (κ3) is 4.56. The second kappa shape index (κ2) is 7.80. The van der Waals surface area contributed by atoms with E-state index >= 15 is 0 Å². The van der Waals surface area contributed by atoms with Gasteiger partial charge in [-0.3, -0.25) is 4.68 Å². The van der Waals surface area contributed by atoms with Crippen LogP contribution in [0.1, 0.15) is 19.3 Å². The van der Waals surface area contributed by atoms with Gasteiger partial charge in [0.05, 0.1) is 12.2 Å². The highest BCUT2D eigenvalue weighted by molar-refractivity contribution is 5.74. The Kier molecular flexibility index (Phi) is 5.49. The molecule has 3 rings (SSSR count). The molecule has 1 aromatic carbocycles. The molecule has 0 radical (unpaired) electrons. The van der Waals surface area contributed by atoms with E-state index in [1.807, 2.05) is 30.3 Å². The van der Waals surface area contributed by atoms with E-state index in [4.69, 9.17) is 0 Å². The molecule has 1 aliphatic rings. The molecule has 2 heterocycles. The first-order chi connectivity index (χ1) is 12.4. The standard InChI is InChI=1S/C18H21F3N4O/c19-18(20,21)16(22-17(26)24-10-5-2-6-11-24)13-25-12-9-15(23-25)14-7-3-1-4-8-14/h1,3-4,7-9,12,16H,2,5-6,10-11,13H2,(H,22,26)/t16-/m1/s1. The lowest BCUT2D eigenvalue weighted by atomic mass is 10.1. The van der Waals surface area contributed by atoms with Crippen molar-refractivity contribution in [3.05, 3.63) is 42.6 Å². The Hall–Kier alpha value is -2.51. The first-order valence-electron chi connectivity index (χ1n) is 8.64. The number of nitrogens with zero attached hydrogens (tertiary/aromatic N) is 3. The smallest absolute Gasteiger partial charge is 0.325 e. The molecule has 1 atom stereocenters. The van der Waals surface area contributed by atoms with Crippen molar-refractivity contribution in [2.45, 2.75) is 38.0 Å². The Morgan fingerprint density at radius 2 is 1.81 bits per heavy atom. The first kappa shape index (κ1) is 18.3. The molecule has 1 fully saturated rings. The number of likely N-dealkylation sites (tertiary alicyclic amines) is 1. The van der Waals surface area contributed by atoms with Crippen LogP contribution in [0.2, 0.25) is 0 Å². The van der Waals surface area contributed by atoms with Crippen molar-refractivity contribution in [1.29, 1.82) is 0 Å². The van der Waals surface area contributed by atoms with E-state index in [2.05, 4.69) is 10.4 Å². The average Bonchev–Trinajstić information content (AvgIpc) is 3.10. The van der Waals surface area contributed by atoms with Crippen LogP contribution in [0.25, 0.3) is 11.3 Å². The summed E-state index contributed by atoms with van der Waals surface area (Å²) in [5, 5.41) is 6.33. The Labute approximate surface area is 149 Å². The minimum Gasteiger partial charge on any atom is -0.325 e. The number of alkyl halides is 3. The van der Waals surface area contributed by atoms with E-state index < -0.39 is 24.8 Å². The quantitative estimate of drug-likeness (QED) is 0.898. The van der Waals surface area contributed by atoms with Crippen molar-refractivity contribution in [2.24, 2.45) is 0 Å². The third-order valence-corrected chi connectivity index (χ3v) is 4.42. The van der Waals surface area contributed by atoms with Gasteiger partial charge < -0.3 is 10.2 Å². The van der Waals surface area contributed by atoms with Gasteiger partial charge in [-0.25, -0.2) is 4.79 Å². The van der Waals surface area contributed by atoms with Gasteiger partial charge in [-0.15, -0.1) is 0 Å². The molecule has 0 spiro atoms. The maximum Gasteiger partial charge on any atom is 0.410 e. The molecule has 1 aliphatic heterocycles. The molecule has 26 heavy (non-hydrogen) atoms. The first-order valence-corrected chi connectivity index (χ1v) is 8.64. The molecule has 0 saturated carbocycles. The average molecular weight is 366 g/mol. The van der Waals surface area contributed by atoms with E-state index in [9.17, 15) is 18.0 Å². The largest absolute Gasteiger partial charge is 0.410 e. The van der Waals surface area contributed by atoms with Gasteiger partial charge in [0.1, 0.15) is 6.04 Å². The number of benzene rings is 1. The minimum absolute atomic E-state index is 0.462. The minimum atomic E-state index is -4.55. The third-order valence-electron chi connectivity index (χ3n) is 4.42. The fourth-order valence-corrected chi connectivity index (χ4v) is 2.98. The second-order valence-electron chi connectivity index (χ2n) is 6.38. The molecule has 1 N–H and O–H groups in total. The van der Waals surface area contributed by atoms with Crippen LogP contribution in [0.3, 0.4) is 0 Å². The molecule has 1 aromatic heterocycles. The number of hydrogen-bond acceptors (Lipinski definition) is 2. The lowest BCUT2D eigenvalue weighted by Crippen LogP contribution is -2.53. The van der Waals surface area contributed by atoms with Gasteiger partial charge >= 0.3 is 12.2 Å². The number of amides is 2. The summed E-state index contributed by atoms with van der Waals surface area (Å²) >= 11 is 0. The Bertz CT molecular complexity index is 724. The maximum atomic E-state index is 13.4. The highest BCUT2D eigenvalue weighted by atomic mass is 19.4. The molecule has 0 aliphatic carbocycles. The fraction of sp³-hybridized carbons (Fsp3) is 0.444. The molecule has 8 heteroatoms. The normalized spacial score (nSPS) is 16.3. The lowest BCUT2D eigenvalue weighted by Gasteiger charge is -2.30. The van der Waals surface area contributed by atoms with Crippen LogP contribution in [0.5, 0.6) is 0 Å². The van der Waals surface area contributed by atoms with Crippen LogP contribution in [0.15, 0.2) is 42.6 Å². The number of hydrogen-bond donors (Lipinski definition) is 1. The van der Waals surface area contributed by atoms with Crippen molar-refractivity contribution in [2.75, 3.05) is 13.1 Å². The SMILES string of the molecule is O=C(N[C@H](Cn1ccc(-c2ccccc2)n1)C(F)(F)F)N1CCCCC1. The van der Waals surface area contributed by atoms with Crippen molar-refractivity contribution >= 4 is 6.03 Å². The number of carbonyl (C=O) groups excluding carboxylic acids is 1. The van der Waals surface area contributed by atoms with E-state index in [1.165, 1.54) is 15.8 Å². The van der Waals surface area contributed by atoms with Gasteiger partial charge in [-0.1, -0.05) is 30.3 Å². The fourth-order valence-electron chi connectivity index (χ4n) is 2.98. The molecule has 1 saturated heterocycles. The van der Waals surface area contributed by atoms with E-state index in [0.29, 0.717) is 18.8 Å². The maximum absolute atomic E-state index is 13.4. The Morgan fingerprint density at radius 3 is 2.46 bits per heavy atom. The zero-order valence-electron chi connectivity index (χ0n) is 14.2. The summed E-state index contributed by atoms with van der Waals surface area (Å²) in [6.45, 7) is 0.530. The summed E-state index contributed by atoms with van der Waals surface area (Å²) in [4.78, 5) is 13.6. The highest BCUT2D eigenvalue weighted by Gasteiger charge is 2.41. The number of urea groups is 1. The number of rotatable bonds is 4. The van der Waals surface area contributed by atoms with Gasteiger partial charge in [0.25, 0.3) is 0 Å². The molecule has 140 valence electrons. The molecule has 2 aromatic rings.